The maximum atomic E-state index is 12.1. The fourth-order valence-electron chi connectivity index (χ4n) is 4.24. The molecule has 3 rings (SSSR count). The van der Waals surface area contributed by atoms with E-state index in [0.717, 1.165) is 24.2 Å². The van der Waals surface area contributed by atoms with E-state index < -0.39 is 0 Å². The van der Waals surface area contributed by atoms with Crippen molar-refractivity contribution in [3.05, 3.63) is 35.9 Å². The topological polar surface area (TPSA) is 29.1 Å². The smallest absolute Gasteiger partial charge is 0.220 e. The summed E-state index contributed by atoms with van der Waals surface area (Å²) in [6.07, 6.45) is 7.01. The minimum atomic E-state index is 0.212. The summed E-state index contributed by atoms with van der Waals surface area (Å²) in [5, 5.41) is 3.24. The van der Waals surface area contributed by atoms with E-state index in [1.807, 2.05) is 18.2 Å². The van der Waals surface area contributed by atoms with Gasteiger partial charge in [-0.3, -0.25) is 4.79 Å². The minimum absolute atomic E-state index is 0.212. The zero-order chi connectivity index (χ0) is 13.9. The molecule has 2 nitrogen and oxygen atoms in total. The van der Waals surface area contributed by atoms with Crippen LogP contribution in [0.15, 0.2) is 30.3 Å². The third-order valence-corrected chi connectivity index (χ3v) is 5.31. The second-order valence-corrected chi connectivity index (χ2v) is 6.68. The molecule has 4 atom stereocenters. The monoisotopic (exact) mass is 271 g/mol. The SMILES string of the molecule is C[C@H](NC(=O)CCc1ccccc1)[C@@H]1C[C@H]2CC[C@H]1C2. The van der Waals surface area contributed by atoms with Crippen LogP contribution < -0.4 is 5.32 Å². The van der Waals surface area contributed by atoms with Gasteiger partial charge in [-0.1, -0.05) is 36.8 Å². The summed E-state index contributed by atoms with van der Waals surface area (Å²) >= 11 is 0. The molecule has 0 aliphatic heterocycles. The molecule has 2 aliphatic carbocycles. The molecule has 1 aromatic rings. The van der Waals surface area contributed by atoms with Gasteiger partial charge in [0.1, 0.15) is 0 Å². The fourth-order valence-corrected chi connectivity index (χ4v) is 4.24. The molecule has 0 heterocycles. The molecule has 2 aliphatic rings. The molecule has 0 spiro atoms. The Morgan fingerprint density at radius 1 is 1.25 bits per heavy atom. The predicted molar refractivity (Wildman–Crippen MR) is 81.3 cm³/mol. The van der Waals surface area contributed by atoms with Gasteiger partial charge in [0.05, 0.1) is 0 Å². The van der Waals surface area contributed by atoms with Crippen molar-refractivity contribution in [3.63, 3.8) is 0 Å². The van der Waals surface area contributed by atoms with Gasteiger partial charge in [-0.05, 0) is 55.9 Å². The highest BCUT2D eigenvalue weighted by Crippen LogP contribution is 2.49. The quantitative estimate of drug-likeness (QED) is 0.871. The molecule has 2 bridgehead atoms. The first kappa shape index (κ1) is 13.7. The average molecular weight is 271 g/mol. The van der Waals surface area contributed by atoms with Gasteiger partial charge in [0.25, 0.3) is 0 Å². The molecule has 20 heavy (non-hydrogen) atoms. The highest BCUT2D eigenvalue weighted by atomic mass is 16.1. The molecular formula is C18H25NO. The van der Waals surface area contributed by atoms with Gasteiger partial charge in [0.15, 0.2) is 0 Å². The second kappa shape index (κ2) is 5.99. The summed E-state index contributed by atoms with van der Waals surface area (Å²) in [6, 6.07) is 10.6. The molecule has 0 aromatic heterocycles. The lowest BCUT2D eigenvalue weighted by molar-refractivity contribution is -0.122. The molecular weight excluding hydrogens is 246 g/mol. The first-order valence-electron chi connectivity index (χ1n) is 8.05. The Balaban J connectivity index is 1.44. The molecule has 2 heteroatoms. The van der Waals surface area contributed by atoms with Crippen molar-refractivity contribution in [1.29, 1.82) is 0 Å². The molecule has 2 saturated carbocycles. The maximum absolute atomic E-state index is 12.1. The number of rotatable bonds is 5. The molecule has 0 unspecified atom stereocenters. The number of hydrogen-bond donors (Lipinski definition) is 1. The van der Waals surface area contributed by atoms with Gasteiger partial charge in [-0.2, -0.15) is 0 Å². The zero-order valence-corrected chi connectivity index (χ0v) is 12.3. The Hall–Kier alpha value is -1.31. The second-order valence-electron chi connectivity index (χ2n) is 6.68. The van der Waals surface area contributed by atoms with Crippen molar-refractivity contribution in [1.82, 2.24) is 5.32 Å². The number of aryl methyl sites for hydroxylation is 1. The first-order chi connectivity index (χ1) is 9.72. The van der Waals surface area contributed by atoms with Crippen LogP contribution in [0.5, 0.6) is 0 Å². The summed E-state index contributed by atoms with van der Waals surface area (Å²) in [5.41, 5.74) is 1.25. The van der Waals surface area contributed by atoms with Crippen LogP contribution in [0.2, 0.25) is 0 Å². The van der Waals surface area contributed by atoms with Gasteiger partial charge >= 0.3 is 0 Å². The summed E-state index contributed by atoms with van der Waals surface area (Å²) in [4.78, 5) is 12.1. The summed E-state index contributed by atoms with van der Waals surface area (Å²) in [7, 11) is 0. The Morgan fingerprint density at radius 3 is 2.70 bits per heavy atom. The molecule has 2 fully saturated rings. The number of nitrogens with one attached hydrogen (secondary N) is 1. The third kappa shape index (κ3) is 3.05. The van der Waals surface area contributed by atoms with E-state index in [4.69, 9.17) is 0 Å². The van der Waals surface area contributed by atoms with E-state index in [9.17, 15) is 4.79 Å². The fraction of sp³-hybridized carbons (Fsp3) is 0.611. The number of fused-ring (bicyclic) bond motifs is 2. The Bertz CT molecular complexity index is 456. The Kier molecular flexibility index (Phi) is 4.09. The van der Waals surface area contributed by atoms with Crippen LogP contribution in [-0.2, 0) is 11.2 Å². The van der Waals surface area contributed by atoms with Crippen LogP contribution in [-0.4, -0.2) is 11.9 Å². The largest absolute Gasteiger partial charge is 0.353 e. The molecule has 108 valence electrons. The van der Waals surface area contributed by atoms with Crippen LogP contribution in [0.1, 0.15) is 44.6 Å². The highest BCUT2D eigenvalue weighted by Gasteiger charge is 2.41. The van der Waals surface area contributed by atoms with Crippen LogP contribution in [0.3, 0.4) is 0 Å². The van der Waals surface area contributed by atoms with Gasteiger partial charge in [0.2, 0.25) is 5.91 Å². The van der Waals surface area contributed by atoms with Gasteiger partial charge in [0, 0.05) is 12.5 Å². The normalized spacial score (nSPS) is 29.4. The van der Waals surface area contributed by atoms with E-state index in [2.05, 4.69) is 24.4 Å². The van der Waals surface area contributed by atoms with Crippen molar-refractivity contribution >= 4 is 5.91 Å². The molecule has 0 radical (unpaired) electrons. The van der Waals surface area contributed by atoms with Crippen molar-refractivity contribution in [2.45, 2.75) is 51.5 Å². The molecule has 0 saturated heterocycles. The summed E-state index contributed by atoms with van der Waals surface area (Å²) < 4.78 is 0. The number of hydrogen-bond acceptors (Lipinski definition) is 1. The van der Waals surface area contributed by atoms with E-state index in [0.29, 0.717) is 12.5 Å². The van der Waals surface area contributed by atoms with E-state index in [-0.39, 0.29) is 5.91 Å². The highest BCUT2D eigenvalue weighted by molar-refractivity contribution is 5.76. The number of carbonyl (C=O) groups is 1. The Labute approximate surface area is 122 Å². The van der Waals surface area contributed by atoms with Gasteiger partial charge in [-0.25, -0.2) is 0 Å². The van der Waals surface area contributed by atoms with Crippen molar-refractivity contribution < 1.29 is 4.79 Å². The predicted octanol–water partition coefficient (Wildman–Crippen LogP) is 3.56. The Morgan fingerprint density at radius 2 is 2.05 bits per heavy atom. The van der Waals surface area contributed by atoms with Crippen LogP contribution >= 0.6 is 0 Å². The maximum Gasteiger partial charge on any atom is 0.220 e. The van der Waals surface area contributed by atoms with Crippen LogP contribution in [0, 0.1) is 17.8 Å². The van der Waals surface area contributed by atoms with Gasteiger partial charge < -0.3 is 5.32 Å². The number of carbonyl (C=O) groups excluding carboxylic acids is 1. The van der Waals surface area contributed by atoms with Crippen molar-refractivity contribution in [2.75, 3.05) is 0 Å². The molecule has 1 aromatic carbocycles. The van der Waals surface area contributed by atoms with E-state index in [1.54, 1.807) is 0 Å². The lowest BCUT2D eigenvalue weighted by Crippen LogP contribution is -2.40. The van der Waals surface area contributed by atoms with E-state index >= 15 is 0 Å². The number of amides is 1. The zero-order valence-electron chi connectivity index (χ0n) is 12.3. The van der Waals surface area contributed by atoms with Gasteiger partial charge in [-0.15, -0.1) is 0 Å². The minimum Gasteiger partial charge on any atom is -0.353 e. The third-order valence-electron chi connectivity index (χ3n) is 5.31. The van der Waals surface area contributed by atoms with Crippen LogP contribution in [0.4, 0.5) is 0 Å². The van der Waals surface area contributed by atoms with Crippen molar-refractivity contribution in [3.8, 4) is 0 Å². The lowest BCUT2D eigenvalue weighted by Gasteiger charge is -2.28. The summed E-state index contributed by atoms with van der Waals surface area (Å²) in [6.45, 7) is 2.20. The molecule has 1 N–H and O–H groups in total. The average Bonchev–Trinajstić information content (AvgIpc) is 3.09. The standard InChI is InChI=1S/C18H25NO/c1-13(17-12-15-7-9-16(17)11-15)19-18(20)10-8-14-5-3-2-4-6-14/h2-6,13,15-17H,7-12H2,1H3,(H,19,20)/t13-,15-,16-,17-/m0/s1. The summed E-state index contributed by atoms with van der Waals surface area (Å²) in [5.74, 6) is 2.77. The van der Waals surface area contributed by atoms with Crippen molar-refractivity contribution in [2.24, 2.45) is 17.8 Å². The lowest BCUT2D eigenvalue weighted by atomic mass is 9.84. The number of benzene rings is 1. The molecule has 1 amide bonds. The van der Waals surface area contributed by atoms with E-state index in [1.165, 1.54) is 31.2 Å². The first-order valence-corrected chi connectivity index (χ1v) is 8.05. The van der Waals surface area contributed by atoms with Crippen LogP contribution in [0.25, 0.3) is 0 Å².